The van der Waals surface area contributed by atoms with Crippen LogP contribution in [0.15, 0.2) is 44.7 Å². The molecule has 0 bridgehead atoms. The summed E-state index contributed by atoms with van der Waals surface area (Å²) >= 11 is 8.46. The van der Waals surface area contributed by atoms with Gasteiger partial charge in [0.15, 0.2) is 0 Å². The number of hydrogen-bond acceptors (Lipinski definition) is 1. The highest BCUT2D eigenvalue weighted by Gasteiger charge is 1.86. The quantitative estimate of drug-likeness (QED) is 0.583. The van der Waals surface area contributed by atoms with Gasteiger partial charge in [-0.1, -0.05) is 33.6 Å². The standard InChI is InChI=1S/C7H7Br.C5H5BrS/c1-6-2-4-7(8)5-3-6;1-4-2-3-5(6)7-4/h2-5H,1H3;2-3H,1H3. The van der Waals surface area contributed by atoms with Gasteiger partial charge in [-0.15, -0.1) is 11.3 Å². The first-order valence-corrected chi connectivity index (χ1v) is 6.92. The van der Waals surface area contributed by atoms with E-state index in [0.29, 0.717) is 0 Å². The molecular formula is C12H12Br2S. The molecule has 0 amide bonds. The molecule has 0 nitrogen and oxygen atoms in total. The third-order valence-corrected chi connectivity index (χ3v) is 3.79. The Kier molecular flexibility index (Phi) is 5.58. The number of hydrogen-bond donors (Lipinski definition) is 0. The Hall–Kier alpha value is -0.120. The summed E-state index contributed by atoms with van der Waals surface area (Å²) in [5, 5.41) is 0. The van der Waals surface area contributed by atoms with Crippen LogP contribution in [-0.2, 0) is 0 Å². The summed E-state index contributed by atoms with van der Waals surface area (Å²) in [4.78, 5) is 1.35. The van der Waals surface area contributed by atoms with Crippen LogP contribution in [-0.4, -0.2) is 0 Å². The van der Waals surface area contributed by atoms with E-state index >= 15 is 0 Å². The maximum Gasteiger partial charge on any atom is 0.0701 e. The summed E-state index contributed by atoms with van der Waals surface area (Å²) < 4.78 is 2.35. The molecule has 15 heavy (non-hydrogen) atoms. The minimum absolute atomic E-state index is 1.14. The molecule has 1 heterocycles. The van der Waals surface area contributed by atoms with Crippen molar-refractivity contribution in [2.45, 2.75) is 13.8 Å². The van der Waals surface area contributed by atoms with Crippen LogP contribution in [0.5, 0.6) is 0 Å². The summed E-state index contributed by atoms with van der Waals surface area (Å²) in [6.07, 6.45) is 0. The third-order valence-electron chi connectivity index (χ3n) is 1.72. The Morgan fingerprint density at radius 1 is 0.867 bits per heavy atom. The Morgan fingerprint density at radius 3 is 1.73 bits per heavy atom. The largest absolute Gasteiger partial charge is 0.134 e. The van der Waals surface area contributed by atoms with E-state index in [9.17, 15) is 0 Å². The van der Waals surface area contributed by atoms with Crippen molar-refractivity contribution >= 4 is 43.2 Å². The monoisotopic (exact) mass is 346 g/mol. The summed E-state index contributed by atoms with van der Waals surface area (Å²) in [5.74, 6) is 0. The molecule has 3 heteroatoms. The Labute approximate surface area is 112 Å². The number of aryl methyl sites for hydroxylation is 2. The van der Waals surface area contributed by atoms with E-state index in [-0.39, 0.29) is 0 Å². The molecule has 0 aliphatic carbocycles. The highest BCUT2D eigenvalue weighted by molar-refractivity contribution is 9.11. The predicted molar refractivity (Wildman–Crippen MR) is 75.6 cm³/mol. The highest BCUT2D eigenvalue weighted by atomic mass is 79.9. The van der Waals surface area contributed by atoms with Gasteiger partial charge in [-0.05, 0) is 54.0 Å². The molecule has 80 valence electrons. The van der Waals surface area contributed by atoms with Gasteiger partial charge in [0.05, 0.1) is 3.79 Å². The molecule has 0 fully saturated rings. The molecule has 0 saturated carbocycles. The average Bonchev–Trinajstić information content (AvgIpc) is 2.56. The molecule has 0 saturated heterocycles. The first-order chi connectivity index (χ1) is 7.08. The fraction of sp³-hybridized carbons (Fsp3) is 0.167. The first-order valence-electron chi connectivity index (χ1n) is 4.52. The van der Waals surface area contributed by atoms with E-state index in [1.807, 2.05) is 12.1 Å². The SMILES string of the molecule is Cc1ccc(Br)cc1.Cc1ccc(Br)s1. The van der Waals surface area contributed by atoms with Gasteiger partial charge < -0.3 is 0 Å². The third kappa shape index (κ3) is 5.50. The molecule has 0 atom stereocenters. The summed E-state index contributed by atoms with van der Waals surface area (Å²) in [5.41, 5.74) is 1.30. The van der Waals surface area contributed by atoms with E-state index in [4.69, 9.17) is 0 Å². The smallest absolute Gasteiger partial charge is 0.0701 e. The Morgan fingerprint density at radius 2 is 1.47 bits per heavy atom. The average molecular weight is 348 g/mol. The van der Waals surface area contributed by atoms with Gasteiger partial charge in [0, 0.05) is 9.35 Å². The molecule has 0 aliphatic rings. The lowest BCUT2D eigenvalue weighted by atomic mass is 10.2. The van der Waals surface area contributed by atoms with Crippen molar-refractivity contribution in [2.24, 2.45) is 0 Å². The maximum absolute atomic E-state index is 3.35. The summed E-state index contributed by atoms with van der Waals surface area (Å²) in [7, 11) is 0. The van der Waals surface area contributed by atoms with Gasteiger partial charge in [-0.25, -0.2) is 0 Å². The lowest BCUT2D eigenvalue weighted by Crippen LogP contribution is -1.66. The minimum atomic E-state index is 1.14. The van der Waals surface area contributed by atoms with Crippen LogP contribution < -0.4 is 0 Å². The number of benzene rings is 1. The van der Waals surface area contributed by atoms with E-state index in [2.05, 4.69) is 70.0 Å². The summed E-state index contributed by atoms with van der Waals surface area (Å²) in [6.45, 7) is 4.17. The van der Waals surface area contributed by atoms with Gasteiger partial charge in [0.25, 0.3) is 0 Å². The molecule has 0 unspecified atom stereocenters. The van der Waals surface area contributed by atoms with Gasteiger partial charge in [0.2, 0.25) is 0 Å². The fourth-order valence-corrected chi connectivity index (χ4v) is 2.68. The Bertz CT molecular complexity index is 366. The van der Waals surface area contributed by atoms with Gasteiger partial charge >= 0.3 is 0 Å². The summed E-state index contributed by atoms with van der Waals surface area (Å²) in [6, 6.07) is 12.4. The van der Waals surface area contributed by atoms with Crippen LogP contribution in [0.4, 0.5) is 0 Å². The number of halogens is 2. The molecule has 1 aromatic heterocycles. The Balaban J connectivity index is 0.000000151. The van der Waals surface area contributed by atoms with Crippen molar-refractivity contribution in [3.63, 3.8) is 0 Å². The lowest BCUT2D eigenvalue weighted by Gasteiger charge is -1.88. The van der Waals surface area contributed by atoms with Crippen LogP contribution in [0.2, 0.25) is 0 Å². The first kappa shape index (κ1) is 12.9. The van der Waals surface area contributed by atoms with Crippen molar-refractivity contribution in [2.75, 3.05) is 0 Å². The predicted octanol–water partition coefficient (Wildman–Crippen LogP) is 5.58. The highest BCUT2D eigenvalue weighted by Crippen LogP contribution is 2.20. The molecule has 0 aliphatic heterocycles. The zero-order chi connectivity index (χ0) is 11.3. The second-order valence-corrected chi connectivity index (χ2v) is 6.73. The van der Waals surface area contributed by atoms with Crippen LogP contribution in [0, 0.1) is 13.8 Å². The fourth-order valence-electron chi connectivity index (χ4n) is 0.938. The zero-order valence-corrected chi connectivity index (χ0v) is 12.6. The van der Waals surface area contributed by atoms with E-state index in [1.165, 1.54) is 14.2 Å². The molecule has 0 spiro atoms. The molecule has 2 aromatic rings. The minimum Gasteiger partial charge on any atom is -0.134 e. The van der Waals surface area contributed by atoms with Crippen molar-refractivity contribution in [1.29, 1.82) is 0 Å². The zero-order valence-electron chi connectivity index (χ0n) is 8.63. The number of thiophene rings is 1. The van der Waals surface area contributed by atoms with Crippen molar-refractivity contribution < 1.29 is 0 Å². The van der Waals surface area contributed by atoms with Crippen molar-refractivity contribution in [3.8, 4) is 0 Å². The number of rotatable bonds is 0. The molecule has 2 rings (SSSR count). The van der Waals surface area contributed by atoms with Crippen LogP contribution in [0.3, 0.4) is 0 Å². The van der Waals surface area contributed by atoms with Gasteiger partial charge in [-0.2, -0.15) is 0 Å². The van der Waals surface area contributed by atoms with Crippen molar-refractivity contribution in [1.82, 2.24) is 0 Å². The van der Waals surface area contributed by atoms with Gasteiger partial charge in [0.1, 0.15) is 0 Å². The second kappa shape index (κ2) is 6.46. The van der Waals surface area contributed by atoms with Crippen LogP contribution >= 0.6 is 43.2 Å². The van der Waals surface area contributed by atoms with E-state index < -0.39 is 0 Å². The lowest BCUT2D eigenvalue weighted by molar-refractivity contribution is 1.46. The van der Waals surface area contributed by atoms with Crippen LogP contribution in [0.25, 0.3) is 0 Å². The topological polar surface area (TPSA) is 0 Å². The molecule has 0 radical (unpaired) electrons. The molecular weight excluding hydrogens is 336 g/mol. The van der Waals surface area contributed by atoms with Gasteiger partial charge in [-0.3, -0.25) is 0 Å². The van der Waals surface area contributed by atoms with Crippen molar-refractivity contribution in [3.05, 3.63) is 55.1 Å². The normalized spacial score (nSPS) is 9.33. The maximum atomic E-state index is 3.35. The van der Waals surface area contributed by atoms with E-state index in [1.54, 1.807) is 11.3 Å². The van der Waals surface area contributed by atoms with E-state index in [0.717, 1.165) is 4.47 Å². The molecule has 1 aromatic carbocycles. The van der Waals surface area contributed by atoms with Crippen LogP contribution in [0.1, 0.15) is 10.4 Å². The molecule has 0 N–H and O–H groups in total. The second-order valence-electron chi connectivity index (χ2n) is 3.15.